The van der Waals surface area contributed by atoms with Crippen LogP contribution < -0.4 is 5.32 Å². The van der Waals surface area contributed by atoms with Crippen LogP contribution in [0.1, 0.15) is 17.7 Å². The van der Waals surface area contributed by atoms with E-state index < -0.39 is 0 Å². The number of amides is 1. The van der Waals surface area contributed by atoms with E-state index in [4.69, 9.17) is 5.26 Å². The topological polar surface area (TPSA) is 83.6 Å². The molecule has 0 spiro atoms. The number of allylic oxidation sites excluding steroid dienone is 1. The molecule has 0 unspecified atom stereocenters. The second kappa shape index (κ2) is 5.63. The predicted molar refractivity (Wildman–Crippen MR) is 90.5 cm³/mol. The van der Waals surface area contributed by atoms with Crippen LogP contribution in [0.2, 0.25) is 0 Å². The van der Waals surface area contributed by atoms with Crippen molar-refractivity contribution in [1.29, 1.82) is 5.26 Å². The Hall–Kier alpha value is -3.46. The van der Waals surface area contributed by atoms with E-state index in [1.165, 1.54) is 0 Å². The van der Waals surface area contributed by atoms with Crippen LogP contribution in [0.3, 0.4) is 0 Å². The van der Waals surface area contributed by atoms with Gasteiger partial charge in [0, 0.05) is 29.8 Å². The predicted octanol–water partition coefficient (Wildman–Crippen LogP) is 2.84. The highest BCUT2D eigenvalue weighted by Crippen LogP contribution is 2.29. The molecule has 0 fully saturated rings. The molecule has 24 heavy (non-hydrogen) atoms. The van der Waals surface area contributed by atoms with Crippen molar-refractivity contribution in [1.82, 2.24) is 14.5 Å². The Morgan fingerprint density at radius 3 is 3.00 bits per heavy atom. The largest absolute Gasteiger partial charge is 0.324 e. The molecular formula is C18H13N5O. The summed E-state index contributed by atoms with van der Waals surface area (Å²) in [5.41, 5.74) is 3.86. The van der Waals surface area contributed by atoms with Crippen LogP contribution in [0.25, 0.3) is 22.8 Å². The van der Waals surface area contributed by atoms with Gasteiger partial charge in [0.2, 0.25) is 5.91 Å². The number of hydrogen-bond donors (Lipinski definition) is 1. The molecule has 6 nitrogen and oxygen atoms in total. The summed E-state index contributed by atoms with van der Waals surface area (Å²) in [5, 5.41) is 12.2. The molecule has 6 heteroatoms. The lowest BCUT2D eigenvalue weighted by Crippen LogP contribution is -2.10. The molecule has 0 atom stereocenters. The van der Waals surface area contributed by atoms with Crippen LogP contribution in [0.4, 0.5) is 5.69 Å². The zero-order chi connectivity index (χ0) is 16.5. The smallest absolute Gasteiger partial charge is 0.238 e. The molecule has 0 radical (unpaired) electrons. The van der Waals surface area contributed by atoms with Gasteiger partial charge in [-0.1, -0.05) is 12.2 Å². The van der Waals surface area contributed by atoms with E-state index >= 15 is 0 Å². The summed E-state index contributed by atoms with van der Waals surface area (Å²) in [5.74, 6) is 0.421. The Labute approximate surface area is 138 Å². The van der Waals surface area contributed by atoms with Crippen molar-refractivity contribution in [2.45, 2.75) is 12.8 Å². The Kier molecular flexibility index (Phi) is 3.32. The second-order valence-corrected chi connectivity index (χ2v) is 5.50. The fourth-order valence-electron chi connectivity index (χ4n) is 2.89. The summed E-state index contributed by atoms with van der Waals surface area (Å²) in [4.78, 5) is 20.4. The summed E-state index contributed by atoms with van der Waals surface area (Å²) < 4.78 is 2.02. The van der Waals surface area contributed by atoms with Gasteiger partial charge in [-0.25, -0.2) is 4.98 Å². The van der Waals surface area contributed by atoms with Crippen molar-refractivity contribution >= 4 is 28.6 Å². The summed E-state index contributed by atoms with van der Waals surface area (Å²) in [6.07, 6.45) is 10.3. The van der Waals surface area contributed by atoms with Gasteiger partial charge in [0.15, 0.2) is 0 Å². The number of nitrogens with zero attached hydrogens (tertiary/aromatic N) is 4. The van der Waals surface area contributed by atoms with E-state index in [-0.39, 0.29) is 12.3 Å². The molecule has 1 aliphatic rings. The summed E-state index contributed by atoms with van der Waals surface area (Å²) in [6, 6.07) is 7.45. The number of fused-ring (bicyclic) bond motifs is 3. The first-order valence-corrected chi connectivity index (χ1v) is 7.55. The maximum absolute atomic E-state index is 11.4. The number of anilines is 1. The number of carbonyl (C=O) groups is 1. The monoisotopic (exact) mass is 315 g/mol. The third-order valence-electron chi connectivity index (χ3n) is 3.96. The van der Waals surface area contributed by atoms with Gasteiger partial charge in [-0.2, -0.15) is 5.26 Å². The van der Waals surface area contributed by atoms with Crippen LogP contribution >= 0.6 is 0 Å². The minimum Gasteiger partial charge on any atom is -0.324 e. The lowest BCUT2D eigenvalue weighted by molar-refractivity contribution is -0.115. The van der Waals surface area contributed by atoms with Gasteiger partial charge in [-0.15, -0.1) is 0 Å². The fourth-order valence-corrected chi connectivity index (χ4v) is 2.89. The van der Waals surface area contributed by atoms with Crippen LogP contribution in [-0.4, -0.2) is 20.4 Å². The van der Waals surface area contributed by atoms with Gasteiger partial charge >= 0.3 is 0 Å². The Morgan fingerprint density at radius 2 is 2.21 bits per heavy atom. The molecule has 0 saturated carbocycles. The molecule has 0 aromatic carbocycles. The zero-order valence-electron chi connectivity index (χ0n) is 12.7. The van der Waals surface area contributed by atoms with Gasteiger partial charge in [0.1, 0.15) is 12.2 Å². The lowest BCUT2D eigenvalue weighted by Gasteiger charge is -2.09. The average Bonchev–Trinajstić information content (AvgIpc) is 3.21. The Bertz CT molecular complexity index is 1010. The van der Waals surface area contributed by atoms with Gasteiger partial charge in [-0.3, -0.25) is 9.78 Å². The first-order chi connectivity index (χ1) is 11.8. The molecule has 3 aromatic heterocycles. The SMILES string of the molecule is N#CCC(=O)Nc1ccc(-n2ccc3cnc4c(c32)C=CC4)nc1. The molecule has 116 valence electrons. The molecule has 1 N–H and O–H groups in total. The summed E-state index contributed by atoms with van der Waals surface area (Å²) >= 11 is 0. The quantitative estimate of drug-likeness (QED) is 0.805. The second-order valence-electron chi connectivity index (χ2n) is 5.50. The molecule has 4 rings (SSSR count). The van der Waals surface area contributed by atoms with Gasteiger partial charge in [0.05, 0.1) is 29.2 Å². The van der Waals surface area contributed by atoms with E-state index in [0.29, 0.717) is 5.69 Å². The van der Waals surface area contributed by atoms with Crippen LogP contribution in [0, 0.1) is 11.3 Å². The third kappa shape index (κ3) is 2.32. The number of nitriles is 1. The molecule has 3 aromatic rings. The first-order valence-electron chi connectivity index (χ1n) is 7.55. The number of nitrogens with one attached hydrogen (secondary N) is 1. The van der Waals surface area contributed by atoms with Crippen molar-refractivity contribution in [2.75, 3.05) is 5.32 Å². The normalized spacial score (nSPS) is 12.1. The zero-order valence-corrected chi connectivity index (χ0v) is 12.7. The summed E-state index contributed by atoms with van der Waals surface area (Å²) in [7, 11) is 0. The molecule has 3 heterocycles. The standard InChI is InChI=1S/C18H13N5O/c19-8-6-17(24)22-13-4-5-16(21-11-13)23-9-7-12-10-20-15-3-1-2-14(15)18(12)23/h1-2,4-5,7,9-11H,3,6H2,(H,22,24). The summed E-state index contributed by atoms with van der Waals surface area (Å²) in [6.45, 7) is 0. The highest BCUT2D eigenvalue weighted by Gasteiger charge is 2.15. The minimum absolute atomic E-state index is 0.171. The van der Waals surface area contributed by atoms with Gasteiger partial charge in [-0.05, 0) is 18.2 Å². The molecular weight excluding hydrogens is 302 g/mol. The van der Waals surface area contributed by atoms with Gasteiger partial charge in [0.25, 0.3) is 0 Å². The fraction of sp³-hybridized carbons (Fsp3) is 0.111. The highest BCUT2D eigenvalue weighted by molar-refractivity contribution is 5.92. The molecule has 0 bridgehead atoms. The number of hydrogen-bond acceptors (Lipinski definition) is 4. The molecule has 1 amide bonds. The highest BCUT2D eigenvalue weighted by atomic mass is 16.1. The number of rotatable bonds is 3. The van der Waals surface area contributed by atoms with E-state index in [0.717, 1.165) is 34.4 Å². The number of aromatic nitrogens is 3. The minimum atomic E-state index is -0.340. The maximum atomic E-state index is 11.4. The molecule has 1 aliphatic carbocycles. The van der Waals surface area contributed by atoms with E-state index in [1.54, 1.807) is 12.3 Å². The molecule has 0 aliphatic heterocycles. The third-order valence-corrected chi connectivity index (χ3v) is 3.96. The Balaban J connectivity index is 1.71. The van der Waals surface area contributed by atoms with Crippen molar-refractivity contribution in [3.8, 4) is 11.9 Å². The van der Waals surface area contributed by atoms with Gasteiger partial charge < -0.3 is 9.88 Å². The van der Waals surface area contributed by atoms with Crippen molar-refractivity contribution in [3.63, 3.8) is 0 Å². The van der Waals surface area contributed by atoms with E-state index in [1.807, 2.05) is 35.2 Å². The van der Waals surface area contributed by atoms with Crippen LogP contribution in [0.15, 0.2) is 42.9 Å². The van der Waals surface area contributed by atoms with E-state index in [9.17, 15) is 4.79 Å². The Morgan fingerprint density at radius 1 is 1.29 bits per heavy atom. The van der Waals surface area contributed by atoms with Crippen LogP contribution in [0.5, 0.6) is 0 Å². The number of carbonyl (C=O) groups excluding carboxylic acids is 1. The molecule has 0 saturated heterocycles. The van der Waals surface area contributed by atoms with Crippen molar-refractivity contribution < 1.29 is 4.79 Å². The number of pyridine rings is 2. The van der Waals surface area contributed by atoms with Crippen molar-refractivity contribution in [3.05, 3.63) is 54.1 Å². The van der Waals surface area contributed by atoms with Crippen molar-refractivity contribution in [2.24, 2.45) is 0 Å². The van der Waals surface area contributed by atoms with Crippen LogP contribution in [-0.2, 0) is 11.2 Å². The first kappa shape index (κ1) is 14.2. The lowest BCUT2D eigenvalue weighted by atomic mass is 10.2. The van der Waals surface area contributed by atoms with E-state index in [2.05, 4.69) is 27.4 Å². The maximum Gasteiger partial charge on any atom is 0.238 e. The average molecular weight is 315 g/mol.